The lowest BCUT2D eigenvalue weighted by molar-refractivity contribution is 0.238. The summed E-state index contributed by atoms with van der Waals surface area (Å²) in [5, 5.41) is 1.66. The molecule has 0 aliphatic carbocycles. The van der Waals surface area contributed by atoms with E-state index >= 15 is 0 Å². The van der Waals surface area contributed by atoms with E-state index in [1.165, 1.54) is 32.1 Å². The van der Waals surface area contributed by atoms with E-state index in [0.717, 1.165) is 28.8 Å². The molecule has 0 amide bonds. The minimum Gasteiger partial charge on any atom is -0.492 e. The summed E-state index contributed by atoms with van der Waals surface area (Å²) in [6, 6.07) is 5.98. The molecule has 0 unspecified atom stereocenters. The Bertz CT molecular complexity index is 890. The monoisotopic (exact) mass is 376 g/mol. The van der Waals surface area contributed by atoms with Crippen molar-refractivity contribution in [2.45, 2.75) is 12.8 Å². The molecular weight excluding hydrogens is 359 g/mol. The fraction of sp³-hybridized carbons (Fsp3) is 0.333. The largest absolute Gasteiger partial charge is 0.492 e. The number of halogens is 2. The van der Waals surface area contributed by atoms with Crippen LogP contribution >= 0.6 is 23.2 Å². The minimum atomic E-state index is 0.176. The van der Waals surface area contributed by atoms with Gasteiger partial charge in [-0.2, -0.15) is 0 Å². The highest BCUT2D eigenvalue weighted by Crippen LogP contribution is 2.33. The topological polar surface area (TPSA) is 54.0 Å². The SMILES string of the molecule is Clc1ncc(Cl)c(-c2c[nH]c3cc(OCCN4CCCC4)ccc23)n1. The van der Waals surface area contributed by atoms with E-state index in [1.807, 2.05) is 24.4 Å². The number of fused-ring (bicyclic) bond motifs is 1. The summed E-state index contributed by atoms with van der Waals surface area (Å²) < 4.78 is 5.90. The van der Waals surface area contributed by atoms with Crippen LogP contribution in [0.4, 0.5) is 0 Å². The smallest absolute Gasteiger partial charge is 0.222 e. The Morgan fingerprint density at radius 3 is 2.88 bits per heavy atom. The zero-order chi connectivity index (χ0) is 17.2. The predicted molar refractivity (Wildman–Crippen MR) is 101 cm³/mol. The van der Waals surface area contributed by atoms with Gasteiger partial charge in [-0.25, -0.2) is 9.97 Å². The molecule has 130 valence electrons. The highest BCUT2D eigenvalue weighted by molar-refractivity contribution is 6.34. The van der Waals surface area contributed by atoms with Gasteiger partial charge >= 0.3 is 0 Å². The quantitative estimate of drug-likeness (QED) is 0.670. The van der Waals surface area contributed by atoms with Crippen LogP contribution in [0, 0.1) is 0 Å². The second-order valence-corrected chi connectivity index (χ2v) is 6.89. The Balaban J connectivity index is 1.53. The first kappa shape index (κ1) is 16.6. The van der Waals surface area contributed by atoms with Gasteiger partial charge in [-0.15, -0.1) is 0 Å². The van der Waals surface area contributed by atoms with Crippen LogP contribution in [0.25, 0.3) is 22.2 Å². The van der Waals surface area contributed by atoms with E-state index < -0.39 is 0 Å². The van der Waals surface area contributed by atoms with Gasteiger partial charge in [0.2, 0.25) is 5.28 Å². The van der Waals surface area contributed by atoms with Crippen molar-refractivity contribution >= 4 is 34.1 Å². The third kappa shape index (κ3) is 3.59. The average molecular weight is 377 g/mol. The van der Waals surface area contributed by atoms with Gasteiger partial charge in [0, 0.05) is 35.3 Å². The van der Waals surface area contributed by atoms with Gasteiger partial charge in [0.15, 0.2) is 0 Å². The molecule has 0 atom stereocenters. The number of nitrogens with zero attached hydrogens (tertiary/aromatic N) is 3. The van der Waals surface area contributed by atoms with Crippen molar-refractivity contribution in [1.29, 1.82) is 0 Å². The molecule has 1 fully saturated rings. The summed E-state index contributed by atoms with van der Waals surface area (Å²) in [6.45, 7) is 4.05. The molecule has 0 bridgehead atoms. The number of rotatable bonds is 5. The lowest BCUT2D eigenvalue weighted by Gasteiger charge is -2.14. The van der Waals surface area contributed by atoms with Gasteiger partial charge < -0.3 is 9.72 Å². The van der Waals surface area contributed by atoms with Crippen LogP contribution in [0.1, 0.15) is 12.8 Å². The Labute approximate surface area is 155 Å². The number of aromatic nitrogens is 3. The third-order valence-corrected chi connectivity index (χ3v) is 4.96. The molecule has 0 radical (unpaired) electrons. The van der Waals surface area contributed by atoms with E-state index in [-0.39, 0.29) is 5.28 Å². The van der Waals surface area contributed by atoms with Crippen LogP contribution in [0.15, 0.2) is 30.6 Å². The average Bonchev–Trinajstić information content (AvgIpc) is 3.26. The van der Waals surface area contributed by atoms with E-state index in [4.69, 9.17) is 27.9 Å². The van der Waals surface area contributed by atoms with E-state index in [1.54, 1.807) is 0 Å². The second-order valence-electron chi connectivity index (χ2n) is 6.14. The number of hydrogen-bond acceptors (Lipinski definition) is 4. The molecule has 25 heavy (non-hydrogen) atoms. The molecular formula is C18H18Cl2N4O. The molecule has 5 nitrogen and oxygen atoms in total. The molecule has 4 rings (SSSR count). The number of nitrogens with one attached hydrogen (secondary N) is 1. The van der Waals surface area contributed by atoms with Gasteiger partial charge in [0.05, 0.1) is 16.9 Å². The normalized spacial score (nSPS) is 15.1. The molecule has 0 spiro atoms. The van der Waals surface area contributed by atoms with Crippen molar-refractivity contribution < 1.29 is 4.74 Å². The summed E-state index contributed by atoms with van der Waals surface area (Å²) in [5.74, 6) is 0.854. The van der Waals surface area contributed by atoms with Gasteiger partial charge in [0.25, 0.3) is 0 Å². The van der Waals surface area contributed by atoms with Crippen molar-refractivity contribution in [2.24, 2.45) is 0 Å². The van der Waals surface area contributed by atoms with Crippen LogP contribution in [0.5, 0.6) is 5.75 Å². The molecule has 3 aromatic rings. The minimum absolute atomic E-state index is 0.176. The molecule has 1 saturated heterocycles. The van der Waals surface area contributed by atoms with Crippen molar-refractivity contribution in [2.75, 3.05) is 26.2 Å². The number of ether oxygens (including phenoxy) is 1. The van der Waals surface area contributed by atoms with Crippen molar-refractivity contribution in [3.8, 4) is 17.0 Å². The zero-order valence-corrected chi connectivity index (χ0v) is 15.1. The highest BCUT2D eigenvalue weighted by Gasteiger charge is 2.14. The summed E-state index contributed by atoms with van der Waals surface area (Å²) in [7, 11) is 0. The summed E-state index contributed by atoms with van der Waals surface area (Å²) >= 11 is 12.1. The van der Waals surface area contributed by atoms with Crippen LogP contribution in [0.2, 0.25) is 10.3 Å². The molecule has 3 heterocycles. The first-order chi connectivity index (χ1) is 12.2. The summed E-state index contributed by atoms with van der Waals surface area (Å²) in [5.41, 5.74) is 2.49. The number of hydrogen-bond donors (Lipinski definition) is 1. The first-order valence-electron chi connectivity index (χ1n) is 8.35. The maximum Gasteiger partial charge on any atom is 0.222 e. The maximum atomic E-state index is 6.22. The number of benzene rings is 1. The van der Waals surface area contributed by atoms with Gasteiger partial charge in [-0.3, -0.25) is 4.90 Å². The highest BCUT2D eigenvalue weighted by atomic mass is 35.5. The number of H-pyrrole nitrogens is 1. The molecule has 1 N–H and O–H groups in total. The molecule has 7 heteroatoms. The van der Waals surface area contributed by atoms with Crippen molar-refractivity contribution in [3.05, 3.63) is 40.9 Å². The zero-order valence-electron chi connectivity index (χ0n) is 13.6. The Hall–Kier alpha value is -1.82. The van der Waals surface area contributed by atoms with Crippen LogP contribution in [0.3, 0.4) is 0 Å². The predicted octanol–water partition coefficient (Wildman–Crippen LogP) is 4.41. The number of aromatic amines is 1. The molecule has 0 saturated carbocycles. The Morgan fingerprint density at radius 1 is 1.20 bits per heavy atom. The summed E-state index contributed by atoms with van der Waals surface area (Å²) in [4.78, 5) is 13.8. The molecule has 1 aliphatic heterocycles. The summed E-state index contributed by atoms with van der Waals surface area (Å²) in [6.07, 6.45) is 5.99. The van der Waals surface area contributed by atoms with Crippen LogP contribution < -0.4 is 4.74 Å². The number of likely N-dealkylation sites (tertiary alicyclic amines) is 1. The molecule has 1 aliphatic rings. The molecule has 2 aromatic heterocycles. The lowest BCUT2D eigenvalue weighted by Crippen LogP contribution is -2.25. The van der Waals surface area contributed by atoms with Gasteiger partial charge in [0.1, 0.15) is 12.4 Å². The Kier molecular flexibility index (Phi) is 4.79. The first-order valence-corrected chi connectivity index (χ1v) is 9.11. The third-order valence-electron chi connectivity index (χ3n) is 4.50. The van der Waals surface area contributed by atoms with Crippen LogP contribution in [-0.2, 0) is 0 Å². The standard InChI is InChI=1S/C18H18Cl2N4O/c19-15-11-22-18(20)23-17(15)14-10-21-16-9-12(3-4-13(14)16)25-8-7-24-5-1-2-6-24/h3-4,9-11,21H,1-2,5-8H2. The molecule has 1 aromatic carbocycles. The van der Waals surface area contributed by atoms with Crippen molar-refractivity contribution in [3.63, 3.8) is 0 Å². The fourth-order valence-electron chi connectivity index (χ4n) is 3.22. The fourth-order valence-corrected chi connectivity index (χ4v) is 3.55. The lowest BCUT2D eigenvalue weighted by atomic mass is 10.1. The van der Waals surface area contributed by atoms with Gasteiger partial charge in [-0.05, 0) is 49.7 Å². The Morgan fingerprint density at radius 2 is 2.04 bits per heavy atom. The van der Waals surface area contributed by atoms with E-state index in [0.29, 0.717) is 17.3 Å². The van der Waals surface area contributed by atoms with Crippen LogP contribution in [-0.4, -0.2) is 46.1 Å². The van der Waals surface area contributed by atoms with Gasteiger partial charge in [-0.1, -0.05) is 11.6 Å². The second kappa shape index (κ2) is 7.20. The van der Waals surface area contributed by atoms with Crippen molar-refractivity contribution in [1.82, 2.24) is 19.9 Å². The maximum absolute atomic E-state index is 6.22. The van der Waals surface area contributed by atoms with E-state index in [9.17, 15) is 0 Å². The van der Waals surface area contributed by atoms with E-state index in [2.05, 4.69) is 19.9 Å².